The molecule has 0 spiro atoms. The molecule has 0 bridgehead atoms. The zero-order chi connectivity index (χ0) is 25.2. The summed E-state index contributed by atoms with van der Waals surface area (Å²) in [6, 6.07) is 17.3. The molecule has 7 nitrogen and oxygen atoms in total. The summed E-state index contributed by atoms with van der Waals surface area (Å²) in [4.78, 5) is 27.7. The van der Waals surface area contributed by atoms with Crippen LogP contribution >= 0.6 is 11.6 Å². The summed E-state index contributed by atoms with van der Waals surface area (Å²) in [7, 11) is -2.14. The van der Waals surface area contributed by atoms with E-state index in [4.69, 9.17) is 11.6 Å². The number of likely N-dealkylation sites (N-methyl/N-ethyl adjacent to an activating group) is 1. The van der Waals surface area contributed by atoms with Crippen LogP contribution in [0.2, 0.25) is 5.02 Å². The SMILES string of the molecule is CCC(C(=O)NC)N(Cc1ccccc1Cl)C(=O)CCCN1c2cccc3cccc(c23)S1(=O)=O. The van der Waals surface area contributed by atoms with Crippen LogP contribution in [0, 0.1) is 0 Å². The fourth-order valence-corrected chi connectivity index (χ4v) is 6.56. The highest BCUT2D eigenvalue weighted by molar-refractivity contribution is 7.93. The van der Waals surface area contributed by atoms with Gasteiger partial charge in [0, 0.05) is 37.0 Å². The van der Waals surface area contributed by atoms with Gasteiger partial charge in [-0.05, 0) is 42.0 Å². The normalized spacial score (nSPS) is 14.7. The second kappa shape index (κ2) is 10.3. The first-order valence-electron chi connectivity index (χ1n) is 11.6. The van der Waals surface area contributed by atoms with Gasteiger partial charge in [-0.25, -0.2) is 8.42 Å². The number of nitrogens with one attached hydrogen (secondary N) is 1. The van der Waals surface area contributed by atoms with Gasteiger partial charge in [-0.3, -0.25) is 13.9 Å². The van der Waals surface area contributed by atoms with Crippen LogP contribution in [0.5, 0.6) is 0 Å². The van der Waals surface area contributed by atoms with Gasteiger partial charge in [0.25, 0.3) is 10.0 Å². The minimum absolute atomic E-state index is 0.0935. The number of benzene rings is 3. The maximum atomic E-state index is 13.4. The quantitative estimate of drug-likeness (QED) is 0.461. The first-order valence-corrected chi connectivity index (χ1v) is 13.4. The van der Waals surface area contributed by atoms with Gasteiger partial charge < -0.3 is 10.2 Å². The van der Waals surface area contributed by atoms with Crippen LogP contribution in [0.25, 0.3) is 10.8 Å². The maximum Gasteiger partial charge on any atom is 0.265 e. The van der Waals surface area contributed by atoms with Crippen LogP contribution in [0.1, 0.15) is 31.7 Å². The number of nitrogens with zero attached hydrogens (tertiary/aromatic N) is 2. The molecular weight excluding hydrogens is 486 g/mol. The third-order valence-electron chi connectivity index (χ3n) is 6.36. The van der Waals surface area contributed by atoms with Crippen LogP contribution < -0.4 is 9.62 Å². The fraction of sp³-hybridized carbons (Fsp3) is 0.308. The first-order chi connectivity index (χ1) is 16.8. The van der Waals surface area contributed by atoms with Crippen molar-refractivity contribution in [1.82, 2.24) is 10.2 Å². The third-order valence-corrected chi connectivity index (χ3v) is 8.59. The lowest BCUT2D eigenvalue weighted by Gasteiger charge is -2.31. The van der Waals surface area contributed by atoms with Crippen molar-refractivity contribution in [3.63, 3.8) is 0 Å². The summed E-state index contributed by atoms with van der Waals surface area (Å²) in [6.07, 6.45) is 0.843. The molecule has 2 amide bonds. The number of carbonyl (C=O) groups is 2. The Bertz CT molecular complexity index is 1370. The van der Waals surface area contributed by atoms with Gasteiger partial charge in [0.05, 0.1) is 10.6 Å². The minimum Gasteiger partial charge on any atom is -0.357 e. The summed E-state index contributed by atoms with van der Waals surface area (Å²) in [5.41, 5.74) is 1.38. The molecule has 0 saturated heterocycles. The molecular formula is C26H28ClN3O4S. The molecule has 3 aromatic rings. The van der Waals surface area contributed by atoms with E-state index < -0.39 is 16.1 Å². The number of rotatable bonds is 9. The van der Waals surface area contributed by atoms with Crippen molar-refractivity contribution in [3.05, 3.63) is 71.2 Å². The Hall–Kier alpha value is -3.10. The highest BCUT2D eigenvalue weighted by Crippen LogP contribution is 2.42. The van der Waals surface area contributed by atoms with Crippen LogP contribution in [0.15, 0.2) is 65.6 Å². The Morgan fingerprint density at radius 1 is 1.06 bits per heavy atom. The van der Waals surface area contributed by atoms with Crippen molar-refractivity contribution in [2.45, 2.75) is 43.7 Å². The first kappa shape index (κ1) is 25.0. The summed E-state index contributed by atoms with van der Waals surface area (Å²) in [5, 5.41) is 4.73. The molecule has 184 valence electrons. The van der Waals surface area contributed by atoms with E-state index in [2.05, 4.69) is 5.32 Å². The molecule has 35 heavy (non-hydrogen) atoms. The van der Waals surface area contributed by atoms with Crippen LogP contribution in [-0.4, -0.2) is 44.8 Å². The molecule has 0 aliphatic carbocycles. The van der Waals surface area contributed by atoms with Gasteiger partial charge in [0.15, 0.2) is 0 Å². The number of sulfonamides is 1. The standard InChI is InChI=1S/C26H28ClN3O4S/c1-3-21(26(32)28-2)29(17-19-9-4-5-12-20(19)27)24(31)15-8-16-30-22-13-6-10-18-11-7-14-23(25(18)22)35(30,33)34/h4-7,9-14,21H,3,8,15-17H2,1-2H3,(H,28,32). The second-order valence-electron chi connectivity index (χ2n) is 8.46. The lowest BCUT2D eigenvalue weighted by Crippen LogP contribution is -2.48. The van der Waals surface area contributed by atoms with E-state index in [9.17, 15) is 18.0 Å². The molecule has 3 aromatic carbocycles. The van der Waals surface area contributed by atoms with E-state index in [-0.39, 0.29) is 31.3 Å². The molecule has 1 unspecified atom stereocenters. The minimum atomic E-state index is -3.68. The van der Waals surface area contributed by atoms with Gasteiger partial charge in [-0.15, -0.1) is 0 Å². The third kappa shape index (κ3) is 4.73. The molecule has 1 N–H and O–H groups in total. The summed E-state index contributed by atoms with van der Waals surface area (Å²) < 4.78 is 27.8. The van der Waals surface area contributed by atoms with Crippen molar-refractivity contribution in [2.75, 3.05) is 17.9 Å². The Morgan fingerprint density at radius 3 is 2.46 bits per heavy atom. The fourth-order valence-electron chi connectivity index (χ4n) is 4.61. The van der Waals surface area contributed by atoms with Gasteiger partial charge in [0.1, 0.15) is 6.04 Å². The highest BCUT2D eigenvalue weighted by atomic mass is 35.5. The molecule has 4 rings (SSSR count). The number of hydrogen-bond donors (Lipinski definition) is 1. The van der Waals surface area contributed by atoms with Crippen molar-refractivity contribution in [3.8, 4) is 0 Å². The van der Waals surface area contributed by atoms with Gasteiger partial charge in [-0.2, -0.15) is 0 Å². The summed E-state index contributed by atoms with van der Waals surface area (Å²) in [5.74, 6) is -0.482. The van der Waals surface area contributed by atoms with Crippen molar-refractivity contribution in [2.24, 2.45) is 0 Å². The predicted molar refractivity (Wildman–Crippen MR) is 138 cm³/mol. The summed E-state index contributed by atoms with van der Waals surface area (Å²) in [6.45, 7) is 2.21. The number of amides is 2. The average Bonchev–Trinajstić information content (AvgIpc) is 3.07. The number of anilines is 1. The van der Waals surface area contributed by atoms with Crippen LogP contribution in [0.3, 0.4) is 0 Å². The number of carbonyl (C=O) groups excluding carboxylic acids is 2. The van der Waals surface area contributed by atoms with Crippen LogP contribution in [-0.2, 0) is 26.2 Å². The Morgan fingerprint density at radius 2 is 1.77 bits per heavy atom. The van der Waals surface area contributed by atoms with Crippen molar-refractivity contribution in [1.29, 1.82) is 0 Å². The van der Waals surface area contributed by atoms with Gasteiger partial charge in [-0.1, -0.05) is 61.0 Å². The number of halogens is 1. The lowest BCUT2D eigenvalue weighted by molar-refractivity contribution is -0.141. The van der Waals surface area contributed by atoms with E-state index in [1.807, 2.05) is 43.3 Å². The van der Waals surface area contributed by atoms with E-state index >= 15 is 0 Å². The average molecular weight is 514 g/mol. The zero-order valence-corrected chi connectivity index (χ0v) is 21.3. The molecule has 1 atom stereocenters. The second-order valence-corrected chi connectivity index (χ2v) is 10.7. The van der Waals surface area contributed by atoms with Crippen LogP contribution in [0.4, 0.5) is 5.69 Å². The Balaban J connectivity index is 1.53. The molecule has 9 heteroatoms. The lowest BCUT2D eigenvalue weighted by atomic mass is 10.1. The molecule has 0 aromatic heterocycles. The van der Waals surface area contributed by atoms with Crippen molar-refractivity contribution >= 4 is 49.9 Å². The molecule has 1 heterocycles. The number of hydrogen-bond acceptors (Lipinski definition) is 4. The van der Waals surface area contributed by atoms with Gasteiger partial charge >= 0.3 is 0 Å². The summed E-state index contributed by atoms with van der Waals surface area (Å²) >= 11 is 6.33. The Labute approximate surface area is 210 Å². The molecule has 1 aliphatic heterocycles. The molecule has 0 fully saturated rings. The molecule has 0 saturated carbocycles. The van der Waals surface area contributed by atoms with E-state index in [0.717, 1.165) is 10.9 Å². The topological polar surface area (TPSA) is 86.8 Å². The van der Waals surface area contributed by atoms with E-state index in [0.29, 0.717) is 33.8 Å². The van der Waals surface area contributed by atoms with E-state index in [1.54, 1.807) is 31.3 Å². The molecule has 0 radical (unpaired) electrons. The van der Waals surface area contributed by atoms with Gasteiger partial charge in [0.2, 0.25) is 11.8 Å². The van der Waals surface area contributed by atoms with Crippen molar-refractivity contribution < 1.29 is 18.0 Å². The zero-order valence-electron chi connectivity index (χ0n) is 19.7. The maximum absolute atomic E-state index is 13.4. The largest absolute Gasteiger partial charge is 0.357 e. The molecule has 1 aliphatic rings. The monoisotopic (exact) mass is 513 g/mol. The Kier molecular flexibility index (Phi) is 7.33. The van der Waals surface area contributed by atoms with E-state index in [1.165, 1.54) is 9.21 Å². The smallest absolute Gasteiger partial charge is 0.265 e. The highest BCUT2D eigenvalue weighted by Gasteiger charge is 2.35. The predicted octanol–water partition coefficient (Wildman–Crippen LogP) is 4.34.